The van der Waals surface area contributed by atoms with Crippen molar-refractivity contribution in [2.75, 3.05) is 6.61 Å². The van der Waals surface area contributed by atoms with E-state index >= 15 is 0 Å². The van der Waals surface area contributed by atoms with Gasteiger partial charge < -0.3 is 4.74 Å². The van der Waals surface area contributed by atoms with Gasteiger partial charge in [0.2, 0.25) is 0 Å². The summed E-state index contributed by atoms with van der Waals surface area (Å²) in [6.45, 7) is 7.16. The van der Waals surface area contributed by atoms with Crippen molar-refractivity contribution in [3.63, 3.8) is 0 Å². The van der Waals surface area contributed by atoms with Crippen molar-refractivity contribution < 1.29 is 4.74 Å². The molecule has 2 atom stereocenters. The number of benzene rings is 1. The predicted molar refractivity (Wildman–Crippen MR) is 107 cm³/mol. The third-order valence-electron chi connectivity index (χ3n) is 6.47. The Morgan fingerprint density at radius 2 is 1.64 bits per heavy atom. The van der Waals surface area contributed by atoms with Gasteiger partial charge in [-0.2, -0.15) is 0 Å². The monoisotopic (exact) mass is 340 g/mol. The predicted octanol–water partition coefficient (Wildman–Crippen LogP) is 6.88. The molecule has 1 saturated carbocycles. The maximum atomic E-state index is 6.24. The molecule has 1 aliphatic carbocycles. The molecule has 3 rings (SSSR count). The minimum Gasteiger partial charge on any atom is -0.373 e. The molecule has 1 nitrogen and oxygen atoms in total. The van der Waals surface area contributed by atoms with E-state index in [2.05, 4.69) is 43.8 Å². The Morgan fingerprint density at radius 1 is 0.960 bits per heavy atom. The van der Waals surface area contributed by atoms with Gasteiger partial charge in [0.25, 0.3) is 0 Å². The first-order chi connectivity index (χ1) is 12.3. The average molecular weight is 341 g/mol. The van der Waals surface area contributed by atoms with Crippen LogP contribution in [0.5, 0.6) is 0 Å². The smallest absolute Gasteiger partial charge is 0.0825 e. The standard InChI is InChI=1S/C24H36O/c1-3-5-20-12-15-23(16-13-20)24-17-14-22(18-25-24)11-10-21-8-6-19(4-2)7-9-21/h4,12-13,15-16,19,21-22,24H,2-3,5-11,14,17-18H2,1H3. The molecule has 0 aromatic heterocycles. The summed E-state index contributed by atoms with van der Waals surface area (Å²) in [4.78, 5) is 0. The van der Waals surface area contributed by atoms with E-state index in [4.69, 9.17) is 4.74 Å². The number of hydrogen-bond acceptors (Lipinski definition) is 1. The molecule has 0 N–H and O–H groups in total. The number of aryl methyl sites for hydroxylation is 1. The summed E-state index contributed by atoms with van der Waals surface area (Å²) >= 11 is 0. The maximum absolute atomic E-state index is 6.24. The van der Waals surface area contributed by atoms with Crippen LogP contribution in [0.15, 0.2) is 36.9 Å². The van der Waals surface area contributed by atoms with Crippen LogP contribution in [0, 0.1) is 17.8 Å². The van der Waals surface area contributed by atoms with Crippen LogP contribution < -0.4 is 0 Å². The van der Waals surface area contributed by atoms with Crippen LogP contribution in [0.1, 0.15) is 81.9 Å². The molecular weight excluding hydrogens is 304 g/mol. The fraction of sp³-hybridized carbons (Fsp3) is 0.667. The fourth-order valence-electron chi connectivity index (χ4n) is 4.67. The molecule has 25 heavy (non-hydrogen) atoms. The molecule has 1 heteroatoms. The lowest BCUT2D eigenvalue weighted by molar-refractivity contribution is -0.0211. The highest BCUT2D eigenvalue weighted by atomic mass is 16.5. The van der Waals surface area contributed by atoms with Gasteiger partial charge in [0, 0.05) is 0 Å². The van der Waals surface area contributed by atoms with E-state index in [1.165, 1.54) is 75.3 Å². The SMILES string of the molecule is C=CC1CCC(CCC2CCC(c3ccc(CCC)cc3)OC2)CC1. The zero-order valence-electron chi connectivity index (χ0n) is 16.1. The molecule has 0 radical (unpaired) electrons. The first-order valence-electron chi connectivity index (χ1n) is 10.6. The van der Waals surface area contributed by atoms with Crippen LogP contribution in [0.4, 0.5) is 0 Å². The van der Waals surface area contributed by atoms with Gasteiger partial charge in [-0.15, -0.1) is 6.58 Å². The van der Waals surface area contributed by atoms with E-state index in [-0.39, 0.29) is 0 Å². The lowest BCUT2D eigenvalue weighted by Crippen LogP contribution is -2.22. The molecule has 2 aliphatic rings. The van der Waals surface area contributed by atoms with Gasteiger partial charge in [0.05, 0.1) is 12.7 Å². The van der Waals surface area contributed by atoms with Crippen molar-refractivity contribution in [3.8, 4) is 0 Å². The minimum atomic E-state index is 0.329. The summed E-state index contributed by atoms with van der Waals surface area (Å²) in [5, 5.41) is 0. The first kappa shape index (κ1) is 18.7. The van der Waals surface area contributed by atoms with Gasteiger partial charge in [-0.25, -0.2) is 0 Å². The number of allylic oxidation sites excluding steroid dienone is 1. The molecule has 1 saturated heterocycles. The summed E-state index contributed by atoms with van der Waals surface area (Å²) in [6.07, 6.45) is 15.8. The Balaban J connectivity index is 1.38. The Hall–Kier alpha value is -1.08. The Morgan fingerprint density at radius 3 is 2.24 bits per heavy atom. The molecular formula is C24H36O. The largest absolute Gasteiger partial charge is 0.373 e. The van der Waals surface area contributed by atoms with Crippen molar-refractivity contribution in [3.05, 3.63) is 48.0 Å². The fourth-order valence-corrected chi connectivity index (χ4v) is 4.67. The van der Waals surface area contributed by atoms with Gasteiger partial charge in [0.15, 0.2) is 0 Å². The lowest BCUT2D eigenvalue weighted by atomic mass is 9.78. The van der Waals surface area contributed by atoms with E-state index in [1.54, 1.807) is 0 Å². The molecule has 0 spiro atoms. The van der Waals surface area contributed by atoms with Crippen LogP contribution in [0.3, 0.4) is 0 Å². The number of rotatable bonds is 7. The number of hydrogen-bond donors (Lipinski definition) is 0. The van der Waals surface area contributed by atoms with Gasteiger partial charge in [-0.3, -0.25) is 0 Å². The van der Waals surface area contributed by atoms with Crippen LogP contribution in [-0.4, -0.2) is 6.61 Å². The molecule has 1 aromatic rings. The highest BCUT2D eigenvalue weighted by molar-refractivity contribution is 5.24. The molecule has 1 aromatic carbocycles. The lowest BCUT2D eigenvalue weighted by Gasteiger charge is -2.32. The summed E-state index contributed by atoms with van der Waals surface area (Å²) < 4.78 is 6.24. The molecule has 2 fully saturated rings. The van der Waals surface area contributed by atoms with Crippen LogP contribution >= 0.6 is 0 Å². The van der Waals surface area contributed by atoms with Gasteiger partial charge in [-0.1, -0.05) is 50.1 Å². The molecule has 1 heterocycles. The highest BCUT2D eigenvalue weighted by Gasteiger charge is 2.25. The molecule has 2 unspecified atom stereocenters. The first-order valence-corrected chi connectivity index (χ1v) is 10.6. The summed E-state index contributed by atoms with van der Waals surface area (Å²) in [7, 11) is 0. The molecule has 0 amide bonds. The van der Waals surface area contributed by atoms with Crippen molar-refractivity contribution in [2.24, 2.45) is 17.8 Å². The van der Waals surface area contributed by atoms with Gasteiger partial charge >= 0.3 is 0 Å². The summed E-state index contributed by atoms with van der Waals surface area (Å²) in [5.74, 6) is 2.53. The number of ether oxygens (including phenoxy) is 1. The van der Waals surface area contributed by atoms with Gasteiger partial charge in [0.1, 0.15) is 0 Å². The van der Waals surface area contributed by atoms with E-state index in [0.29, 0.717) is 6.10 Å². The van der Waals surface area contributed by atoms with E-state index in [1.807, 2.05) is 0 Å². The maximum Gasteiger partial charge on any atom is 0.0825 e. The van der Waals surface area contributed by atoms with Crippen molar-refractivity contribution in [1.29, 1.82) is 0 Å². The molecule has 1 aliphatic heterocycles. The molecule has 138 valence electrons. The second kappa shape index (κ2) is 9.57. The Labute approximate surface area is 154 Å². The second-order valence-electron chi connectivity index (χ2n) is 8.35. The zero-order valence-corrected chi connectivity index (χ0v) is 16.1. The van der Waals surface area contributed by atoms with Crippen molar-refractivity contribution >= 4 is 0 Å². The van der Waals surface area contributed by atoms with Crippen LogP contribution in [0.25, 0.3) is 0 Å². The molecule has 0 bridgehead atoms. The summed E-state index contributed by atoms with van der Waals surface area (Å²) in [5.41, 5.74) is 2.83. The van der Waals surface area contributed by atoms with Crippen molar-refractivity contribution in [1.82, 2.24) is 0 Å². The summed E-state index contributed by atoms with van der Waals surface area (Å²) in [6, 6.07) is 9.14. The van der Waals surface area contributed by atoms with E-state index < -0.39 is 0 Å². The topological polar surface area (TPSA) is 9.23 Å². The third kappa shape index (κ3) is 5.45. The quantitative estimate of drug-likeness (QED) is 0.492. The van der Waals surface area contributed by atoms with E-state index in [9.17, 15) is 0 Å². The highest BCUT2D eigenvalue weighted by Crippen LogP contribution is 2.36. The van der Waals surface area contributed by atoms with Crippen LogP contribution in [-0.2, 0) is 11.2 Å². The van der Waals surface area contributed by atoms with Crippen LogP contribution in [0.2, 0.25) is 0 Å². The average Bonchev–Trinajstić information content (AvgIpc) is 2.68. The Kier molecular flexibility index (Phi) is 7.16. The minimum absolute atomic E-state index is 0.329. The van der Waals surface area contributed by atoms with Gasteiger partial charge in [-0.05, 0) is 80.2 Å². The normalized spacial score (nSPS) is 30.1. The zero-order chi connectivity index (χ0) is 17.5. The third-order valence-corrected chi connectivity index (χ3v) is 6.47. The second-order valence-corrected chi connectivity index (χ2v) is 8.35. The Bertz CT molecular complexity index is 501. The van der Waals surface area contributed by atoms with E-state index in [0.717, 1.165) is 24.4 Å². The van der Waals surface area contributed by atoms with Crippen molar-refractivity contribution in [2.45, 2.75) is 77.2 Å².